The number of hydrogen-bond donors (Lipinski definition) is 3. The summed E-state index contributed by atoms with van der Waals surface area (Å²) in [4.78, 5) is 68.0. The molecule has 3 heterocycles. The second kappa shape index (κ2) is 9.72. The summed E-state index contributed by atoms with van der Waals surface area (Å²) in [7, 11) is 0. The molecule has 3 saturated heterocycles. The summed E-state index contributed by atoms with van der Waals surface area (Å²) in [6.45, 7) is 5.48. The molecule has 1 atom stereocenters. The van der Waals surface area contributed by atoms with Crippen LogP contribution in [0.4, 0.5) is 9.59 Å². The first-order chi connectivity index (χ1) is 17.0. The molecule has 36 heavy (non-hydrogen) atoms. The number of imide groups is 3. The van der Waals surface area contributed by atoms with Crippen LogP contribution in [0.25, 0.3) is 0 Å². The van der Waals surface area contributed by atoms with Gasteiger partial charge in [-0.25, -0.2) is 9.59 Å². The van der Waals surface area contributed by atoms with Crippen LogP contribution in [0, 0.1) is 5.41 Å². The van der Waals surface area contributed by atoms with Gasteiger partial charge in [0.15, 0.2) is 0 Å². The summed E-state index contributed by atoms with van der Waals surface area (Å²) in [5.74, 6) is -2.17. The van der Waals surface area contributed by atoms with Gasteiger partial charge < -0.3 is 21.1 Å². The zero-order valence-electron chi connectivity index (χ0n) is 21.0. The summed E-state index contributed by atoms with van der Waals surface area (Å²) in [6.07, 6.45) is 4.51. The number of carbonyl (C=O) groups excluding carboxylic acids is 5. The van der Waals surface area contributed by atoms with Gasteiger partial charge in [0, 0.05) is 25.7 Å². The van der Waals surface area contributed by atoms with Crippen LogP contribution in [0.2, 0.25) is 0 Å². The number of carbonyl (C=O) groups is 5. The van der Waals surface area contributed by atoms with Gasteiger partial charge in [0.2, 0.25) is 5.91 Å². The van der Waals surface area contributed by atoms with Crippen molar-refractivity contribution >= 4 is 29.8 Å². The fraction of sp³-hybridized carbons (Fsp3) is 0.708. The zero-order chi connectivity index (χ0) is 26.3. The van der Waals surface area contributed by atoms with Crippen molar-refractivity contribution in [1.82, 2.24) is 20.0 Å². The van der Waals surface area contributed by atoms with Gasteiger partial charge >= 0.3 is 12.1 Å². The Kier molecular flexibility index (Phi) is 7.00. The molecule has 0 aromatic heterocycles. The maximum absolute atomic E-state index is 13.2. The topological polar surface area (TPSA) is 168 Å². The van der Waals surface area contributed by atoms with E-state index in [1.54, 1.807) is 4.90 Å². The Morgan fingerprint density at radius 2 is 1.78 bits per heavy atom. The van der Waals surface area contributed by atoms with E-state index >= 15 is 0 Å². The predicted molar refractivity (Wildman–Crippen MR) is 128 cm³/mol. The fourth-order valence-electron chi connectivity index (χ4n) is 5.86. The van der Waals surface area contributed by atoms with Crippen molar-refractivity contribution in [3.05, 3.63) is 11.4 Å². The van der Waals surface area contributed by atoms with Gasteiger partial charge in [0.25, 0.3) is 11.8 Å². The van der Waals surface area contributed by atoms with Gasteiger partial charge in [0.05, 0.1) is 18.6 Å². The standard InChI is InChI=1S/C24H36N6O6/c1-3-4-10-28-19(32)17(18(25)26)20(33)30(22(28)35)15-5-7-23(2,8-6-15)13-29-21(34)27-16(31)12-24(29)9-11-36-14-24/h15H,3-14,25-26H2,1-2H3,(H,27,31,34). The Balaban J connectivity index is 1.50. The van der Waals surface area contributed by atoms with E-state index in [4.69, 9.17) is 16.2 Å². The van der Waals surface area contributed by atoms with Crippen LogP contribution in [0.5, 0.6) is 0 Å². The Bertz CT molecular complexity index is 991. The molecule has 1 aliphatic carbocycles. The Morgan fingerprint density at radius 1 is 1.08 bits per heavy atom. The number of hydrogen-bond acceptors (Lipinski definition) is 8. The van der Waals surface area contributed by atoms with Crippen molar-refractivity contribution in [3.8, 4) is 0 Å². The van der Waals surface area contributed by atoms with Gasteiger partial charge in [-0.05, 0) is 43.9 Å². The van der Waals surface area contributed by atoms with Crippen molar-refractivity contribution in [3.63, 3.8) is 0 Å². The van der Waals surface area contributed by atoms with Crippen LogP contribution in [0.3, 0.4) is 0 Å². The third-order valence-electron chi connectivity index (χ3n) is 8.06. The Labute approximate surface area is 210 Å². The van der Waals surface area contributed by atoms with Crippen LogP contribution in [0.1, 0.15) is 65.2 Å². The summed E-state index contributed by atoms with van der Waals surface area (Å²) < 4.78 is 5.57. The van der Waals surface area contributed by atoms with Crippen molar-refractivity contribution in [2.45, 2.75) is 76.8 Å². The lowest BCUT2D eigenvalue weighted by atomic mass is 9.72. The van der Waals surface area contributed by atoms with Gasteiger partial charge in [-0.15, -0.1) is 0 Å². The quantitative estimate of drug-likeness (QED) is 0.352. The molecule has 0 radical (unpaired) electrons. The van der Waals surface area contributed by atoms with Gasteiger partial charge in [-0.1, -0.05) is 20.3 Å². The number of nitrogens with one attached hydrogen (secondary N) is 1. The number of ether oxygens (including phenoxy) is 1. The Morgan fingerprint density at radius 3 is 2.36 bits per heavy atom. The highest BCUT2D eigenvalue weighted by molar-refractivity contribution is 6.29. The van der Waals surface area contributed by atoms with Crippen molar-refractivity contribution in [1.29, 1.82) is 0 Å². The summed E-state index contributed by atoms with van der Waals surface area (Å²) in [5, 5.41) is 2.43. The second-order valence-electron chi connectivity index (χ2n) is 10.8. The first-order valence-corrected chi connectivity index (χ1v) is 12.7. The number of barbiturate groups is 1. The van der Waals surface area contributed by atoms with E-state index in [1.165, 1.54) is 0 Å². The third kappa shape index (κ3) is 4.54. The van der Waals surface area contributed by atoms with Gasteiger partial charge in [0.1, 0.15) is 11.4 Å². The normalized spacial score (nSPS) is 31.5. The van der Waals surface area contributed by atoms with E-state index in [0.29, 0.717) is 58.3 Å². The fourth-order valence-corrected chi connectivity index (χ4v) is 5.86. The lowest BCUT2D eigenvalue weighted by Crippen LogP contribution is -2.65. The molecule has 4 aliphatic rings. The molecule has 0 bridgehead atoms. The van der Waals surface area contributed by atoms with E-state index in [2.05, 4.69) is 12.2 Å². The van der Waals surface area contributed by atoms with Gasteiger partial charge in [-0.2, -0.15) is 0 Å². The van der Waals surface area contributed by atoms with Crippen molar-refractivity contribution in [2.24, 2.45) is 16.9 Å². The second-order valence-corrected chi connectivity index (χ2v) is 10.8. The molecular formula is C24H36N6O6. The smallest absolute Gasteiger partial charge is 0.334 e. The van der Waals surface area contributed by atoms with E-state index in [-0.39, 0.29) is 35.7 Å². The maximum atomic E-state index is 13.2. The number of urea groups is 2. The largest absolute Gasteiger partial charge is 0.385 e. The van der Waals surface area contributed by atoms with Crippen LogP contribution >= 0.6 is 0 Å². The summed E-state index contributed by atoms with van der Waals surface area (Å²) in [5.41, 5.74) is 10.1. The molecular weight excluding hydrogens is 468 g/mol. The molecule has 7 amide bonds. The average molecular weight is 505 g/mol. The van der Waals surface area contributed by atoms with E-state index in [1.807, 2.05) is 6.92 Å². The molecule has 4 rings (SSSR count). The molecule has 1 spiro atoms. The predicted octanol–water partition coefficient (Wildman–Crippen LogP) is 0.756. The summed E-state index contributed by atoms with van der Waals surface area (Å²) in [6, 6.07) is -1.45. The molecule has 198 valence electrons. The number of unbranched alkanes of at least 4 members (excludes halogenated alkanes) is 1. The van der Waals surface area contributed by atoms with E-state index < -0.39 is 35.5 Å². The van der Waals surface area contributed by atoms with Crippen LogP contribution in [0.15, 0.2) is 11.4 Å². The minimum Gasteiger partial charge on any atom is -0.385 e. The molecule has 1 unspecified atom stereocenters. The SMILES string of the molecule is CCCCN1C(=O)C(=C(N)N)C(=O)N(C2CCC(C)(CN3C(=O)NC(=O)CC34CCOC4)CC2)C1=O. The highest BCUT2D eigenvalue weighted by Crippen LogP contribution is 2.43. The van der Waals surface area contributed by atoms with E-state index in [0.717, 1.165) is 16.2 Å². The molecule has 0 aromatic rings. The molecule has 3 aliphatic heterocycles. The minimum atomic E-state index is -0.748. The molecule has 5 N–H and O–H groups in total. The monoisotopic (exact) mass is 504 g/mol. The van der Waals surface area contributed by atoms with Gasteiger partial charge in [-0.3, -0.25) is 29.5 Å². The number of rotatable bonds is 6. The minimum absolute atomic E-state index is 0.187. The Hall–Kier alpha value is -3.15. The number of nitrogens with two attached hydrogens (primary N) is 2. The molecule has 0 aromatic carbocycles. The lowest BCUT2D eigenvalue weighted by molar-refractivity contribution is -0.138. The van der Waals surface area contributed by atoms with Crippen LogP contribution in [-0.2, 0) is 19.1 Å². The lowest BCUT2D eigenvalue weighted by Gasteiger charge is -2.49. The molecule has 12 heteroatoms. The summed E-state index contributed by atoms with van der Waals surface area (Å²) >= 11 is 0. The molecule has 4 fully saturated rings. The first kappa shape index (κ1) is 25.9. The van der Waals surface area contributed by atoms with Crippen molar-refractivity contribution in [2.75, 3.05) is 26.3 Å². The van der Waals surface area contributed by atoms with Crippen LogP contribution < -0.4 is 16.8 Å². The highest BCUT2D eigenvalue weighted by atomic mass is 16.5. The first-order valence-electron chi connectivity index (χ1n) is 12.7. The molecule has 12 nitrogen and oxygen atoms in total. The van der Waals surface area contributed by atoms with E-state index in [9.17, 15) is 24.0 Å². The third-order valence-corrected chi connectivity index (χ3v) is 8.06. The van der Waals surface area contributed by atoms with Crippen molar-refractivity contribution < 1.29 is 28.7 Å². The van der Waals surface area contributed by atoms with Crippen LogP contribution in [-0.4, -0.2) is 82.4 Å². The average Bonchev–Trinajstić information content (AvgIpc) is 3.26. The molecule has 1 saturated carbocycles. The maximum Gasteiger partial charge on any atom is 0.334 e. The highest BCUT2D eigenvalue weighted by Gasteiger charge is 2.52. The zero-order valence-corrected chi connectivity index (χ0v) is 21.0. The number of amides is 7. The number of nitrogens with zero attached hydrogens (tertiary/aromatic N) is 3.